The number of halogens is 1. The van der Waals surface area contributed by atoms with Gasteiger partial charge in [0.2, 0.25) is 6.10 Å². The molecule has 1 atom stereocenters. The Kier molecular flexibility index (Phi) is 4.23. The zero-order valence-corrected chi connectivity index (χ0v) is 12.5. The molecular formula is C17H15FN2O3. The van der Waals surface area contributed by atoms with Gasteiger partial charge in [0, 0.05) is 12.1 Å². The van der Waals surface area contributed by atoms with Gasteiger partial charge in [-0.05, 0) is 42.0 Å². The number of nitrogens with zero attached hydrogens (tertiary/aromatic N) is 1. The third-order valence-corrected chi connectivity index (χ3v) is 3.50. The van der Waals surface area contributed by atoms with Crippen LogP contribution < -0.4 is 10.1 Å². The first-order chi connectivity index (χ1) is 11.2. The van der Waals surface area contributed by atoms with Crippen LogP contribution in [0, 0.1) is 5.82 Å². The van der Waals surface area contributed by atoms with Gasteiger partial charge in [-0.25, -0.2) is 4.39 Å². The lowest BCUT2D eigenvalue weighted by atomic mass is 10.0. The highest BCUT2D eigenvalue weighted by Gasteiger charge is 2.28. The van der Waals surface area contributed by atoms with Crippen molar-refractivity contribution in [2.24, 2.45) is 5.16 Å². The van der Waals surface area contributed by atoms with E-state index in [9.17, 15) is 9.18 Å². The zero-order valence-electron chi connectivity index (χ0n) is 12.5. The minimum absolute atomic E-state index is 0.281. The number of carbonyl (C=O) groups excluding carboxylic acids is 1. The van der Waals surface area contributed by atoms with Gasteiger partial charge in [0.1, 0.15) is 11.6 Å². The first-order valence-corrected chi connectivity index (χ1v) is 7.09. The van der Waals surface area contributed by atoms with Gasteiger partial charge in [-0.3, -0.25) is 4.79 Å². The molecule has 0 radical (unpaired) electrons. The molecule has 2 aromatic carbocycles. The van der Waals surface area contributed by atoms with Gasteiger partial charge in [0.25, 0.3) is 5.91 Å². The van der Waals surface area contributed by atoms with Crippen LogP contribution in [-0.2, 0) is 9.63 Å². The van der Waals surface area contributed by atoms with Crippen LogP contribution >= 0.6 is 0 Å². The molecule has 1 amide bonds. The fourth-order valence-electron chi connectivity index (χ4n) is 2.23. The van der Waals surface area contributed by atoms with Crippen LogP contribution in [-0.4, -0.2) is 24.8 Å². The zero-order chi connectivity index (χ0) is 16.2. The van der Waals surface area contributed by atoms with Gasteiger partial charge in [-0.2, -0.15) is 0 Å². The highest BCUT2D eigenvalue weighted by Crippen LogP contribution is 2.20. The average molecular weight is 314 g/mol. The molecule has 3 rings (SSSR count). The Labute approximate surface area is 132 Å². The van der Waals surface area contributed by atoms with E-state index in [-0.39, 0.29) is 11.7 Å². The Morgan fingerprint density at radius 3 is 2.57 bits per heavy atom. The molecule has 0 fully saturated rings. The summed E-state index contributed by atoms with van der Waals surface area (Å²) in [5.74, 6) is 0.111. The van der Waals surface area contributed by atoms with Crippen molar-refractivity contribution in [1.29, 1.82) is 0 Å². The number of oxime groups is 1. The van der Waals surface area contributed by atoms with Crippen molar-refractivity contribution in [3.05, 3.63) is 59.9 Å². The standard InChI is InChI=1S/C17H15FN2O3/c1-22-14-8-6-13(7-9-14)19-17(21)16-10-15(20-23-16)11-2-4-12(18)5-3-11/h2-9,16H,10H2,1H3,(H,19,21)/t16-/m0/s1. The predicted octanol–water partition coefficient (Wildman–Crippen LogP) is 2.97. The molecule has 0 aliphatic carbocycles. The quantitative estimate of drug-likeness (QED) is 0.944. The lowest BCUT2D eigenvalue weighted by Gasteiger charge is -2.10. The second kappa shape index (κ2) is 6.48. The Morgan fingerprint density at radius 1 is 1.22 bits per heavy atom. The summed E-state index contributed by atoms with van der Waals surface area (Å²) >= 11 is 0. The molecule has 1 aliphatic heterocycles. The summed E-state index contributed by atoms with van der Waals surface area (Å²) in [6.07, 6.45) is -0.356. The second-order valence-electron chi connectivity index (χ2n) is 5.06. The molecule has 1 N–H and O–H groups in total. The number of anilines is 1. The minimum atomic E-state index is -0.697. The Balaban J connectivity index is 1.60. The smallest absolute Gasteiger partial charge is 0.268 e. The van der Waals surface area contributed by atoms with Gasteiger partial charge < -0.3 is 14.9 Å². The Bertz CT molecular complexity index is 727. The number of ether oxygens (including phenoxy) is 1. The number of nitrogens with one attached hydrogen (secondary N) is 1. The van der Waals surface area contributed by atoms with Crippen LogP contribution in [0.2, 0.25) is 0 Å². The molecule has 23 heavy (non-hydrogen) atoms. The van der Waals surface area contributed by atoms with E-state index < -0.39 is 6.10 Å². The lowest BCUT2D eigenvalue weighted by molar-refractivity contribution is -0.125. The van der Waals surface area contributed by atoms with Gasteiger partial charge in [-0.1, -0.05) is 17.3 Å². The van der Waals surface area contributed by atoms with Crippen LogP contribution in [0.15, 0.2) is 53.7 Å². The summed E-state index contributed by atoms with van der Waals surface area (Å²) in [5, 5.41) is 6.68. The van der Waals surface area contributed by atoms with E-state index >= 15 is 0 Å². The number of hydrogen-bond acceptors (Lipinski definition) is 4. The second-order valence-corrected chi connectivity index (χ2v) is 5.06. The molecule has 0 saturated heterocycles. The van der Waals surface area contributed by atoms with E-state index in [1.807, 2.05) is 0 Å². The van der Waals surface area contributed by atoms with Crippen molar-refractivity contribution >= 4 is 17.3 Å². The molecule has 0 bridgehead atoms. The third-order valence-electron chi connectivity index (χ3n) is 3.50. The van der Waals surface area contributed by atoms with E-state index in [0.29, 0.717) is 23.6 Å². The van der Waals surface area contributed by atoms with Gasteiger partial charge in [-0.15, -0.1) is 0 Å². The molecule has 0 spiro atoms. The summed E-state index contributed by atoms with van der Waals surface area (Å²) in [4.78, 5) is 17.4. The molecule has 0 unspecified atom stereocenters. The number of hydrogen-bond donors (Lipinski definition) is 1. The molecule has 5 nitrogen and oxygen atoms in total. The van der Waals surface area contributed by atoms with Crippen molar-refractivity contribution in [3.63, 3.8) is 0 Å². The molecular weight excluding hydrogens is 299 g/mol. The normalized spacial score (nSPS) is 16.4. The number of amides is 1. The van der Waals surface area contributed by atoms with E-state index in [1.54, 1.807) is 43.5 Å². The molecule has 0 aromatic heterocycles. The van der Waals surface area contributed by atoms with E-state index in [2.05, 4.69) is 10.5 Å². The third kappa shape index (κ3) is 3.48. The summed E-state index contributed by atoms with van der Waals surface area (Å²) in [6, 6.07) is 12.9. The van der Waals surface area contributed by atoms with Crippen LogP contribution in [0.25, 0.3) is 0 Å². The average Bonchev–Trinajstić information content (AvgIpc) is 3.06. The SMILES string of the molecule is COc1ccc(NC(=O)[C@@H]2CC(c3ccc(F)cc3)=NO2)cc1. The highest BCUT2D eigenvalue weighted by atomic mass is 19.1. The Morgan fingerprint density at radius 2 is 1.91 bits per heavy atom. The molecule has 1 aliphatic rings. The number of methoxy groups -OCH3 is 1. The number of rotatable bonds is 4. The van der Waals surface area contributed by atoms with Crippen molar-refractivity contribution in [2.75, 3.05) is 12.4 Å². The number of carbonyl (C=O) groups is 1. The van der Waals surface area contributed by atoms with Gasteiger partial charge in [0.15, 0.2) is 0 Å². The first-order valence-electron chi connectivity index (χ1n) is 7.09. The summed E-state index contributed by atoms with van der Waals surface area (Å²) in [6.45, 7) is 0. The summed E-state index contributed by atoms with van der Waals surface area (Å²) in [5.41, 5.74) is 2.01. The van der Waals surface area contributed by atoms with Crippen LogP contribution in [0.3, 0.4) is 0 Å². The van der Waals surface area contributed by atoms with Crippen molar-refractivity contribution in [1.82, 2.24) is 0 Å². The van der Waals surface area contributed by atoms with Crippen LogP contribution in [0.4, 0.5) is 10.1 Å². The first kappa shape index (κ1) is 15.0. The molecule has 1 heterocycles. The maximum atomic E-state index is 12.9. The summed E-state index contributed by atoms with van der Waals surface area (Å²) < 4.78 is 18.0. The summed E-state index contributed by atoms with van der Waals surface area (Å²) in [7, 11) is 1.58. The van der Waals surface area contributed by atoms with Gasteiger partial charge in [0.05, 0.1) is 12.8 Å². The highest BCUT2D eigenvalue weighted by molar-refractivity contribution is 6.06. The topological polar surface area (TPSA) is 59.9 Å². The van der Waals surface area contributed by atoms with E-state index in [4.69, 9.17) is 9.57 Å². The van der Waals surface area contributed by atoms with Crippen LogP contribution in [0.5, 0.6) is 5.75 Å². The molecule has 6 heteroatoms. The maximum absolute atomic E-state index is 12.9. The lowest BCUT2D eigenvalue weighted by Crippen LogP contribution is -2.28. The van der Waals surface area contributed by atoms with Crippen LogP contribution in [0.1, 0.15) is 12.0 Å². The molecule has 118 valence electrons. The van der Waals surface area contributed by atoms with Crippen molar-refractivity contribution in [2.45, 2.75) is 12.5 Å². The van der Waals surface area contributed by atoms with Crippen molar-refractivity contribution in [3.8, 4) is 5.75 Å². The Hall–Kier alpha value is -2.89. The number of benzene rings is 2. The van der Waals surface area contributed by atoms with E-state index in [0.717, 1.165) is 5.56 Å². The fraction of sp³-hybridized carbons (Fsp3) is 0.176. The van der Waals surface area contributed by atoms with E-state index in [1.165, 1.54) is 12.1 Å². The minimum Gasteiger partial charge on any atom is -0.497 e. The largest absolute Gasteiger partial charge is 0.497 e. The van der Waals surface area contributed by atoms with Crippen molar-refractivity contribution < 1.29 is 18.8 Å². The van der Waals surface area contributed by atoms with Gasteiger partial charge >= 0.3 is 0 Å². The predicted molar refractivity (Wildman–Crippen MR) is 84.1 cm³/mol. The monoisotopic (exact) mass is 314 g/mol. The molecule has 2 aromatic rings. The maximum Gasteiger partial charge on any atom is 0.268 e. The fourth-order valence-corrected chi connectivity index (χ4v) is 2.23. The molecule has 0 saturated carbocycles.